The molecule has 1 atom stereocenters. The quantitative estimate of drug-likeness (QED) is 0.498. The number of rotatable bonds is 5. The van der Waals surface area contributed by atoms with E-state index in [4.69, 9.17) is 13.9 Å². The molecule has 0 radical (unpaired) electrons. The Morgan fingerprint density at radius 3 is 2.33 bits per heavy atom. The fraction of sp³-hybridized carbons (Fsp3) is 0.167. The number of esters is 1. The van der Waals surface area contributed by atoms with E-state index in [1.54, 1.807) is 37.4 Å². The summed E-state index contributed by atoms with van der Waals surface area (Å²) in [6.07, 6.45) is -0.109. The van der Waals surface area contributed by atoms with Crippen LogP contribution in [0.3, 0.4) is 0 Å². The Labute approximate surface area is 172 Å². The molecule has 0 spiro atoms. The van der Waals surface area contributed by atoms with E-state index in [0.29, 0.717) is 16.9 Å². The molecule has 4 aromatic rings. The van der Waals surface area contributed by atoms with Gasteiger partial charge in [-0.3, -0.25) is 9.59 Å². The normalized spacial score (nSPS) is 12.1. The lowest BCUT2D eigenvalue weighted by molar-refractivity contribution is -0.140. The van der Waals surface area contributed by atoms with Crippen molar-refractivity contribution in [3.8, 4) is 11.5 Å². The molecule has 0 aliphatic carbocycles. The molecule has 6 nitrogen and oxygen atoms in total. The van der Waals surface area contributed by atoms with Gasteiger partial charge in [0, 0.05) is 5.39 Å². The third-order valence-corrected chi connectivity index (χ3v) is 5.23. The van der Waals surface area contributed by atoms with E-state index in [2.05, 4.69) is 0 Å². The number of carbonyl (C=O) groups is 1. The van der Waals surface area contributed by atoms with Gasteiger partial charge < -0.3 is 19.0 Å². The van der Waals surface area contributed by atoms with Crippen LogP contribution in [0.2, 0.25) is 0 Å². The molecule has 0 fully saturated rings. The van der Waals surface area contributed by atoms with Crippen molar-refractivity contribution >= 4 is 27.7 Å². The molecule has 0 amide bonds. The first kappa shape index (κ1) is 19.5. The van der Waals surface area contributed by atoms with Gasteiger partial charge in [0.2, 0.25) is 11.2 Å². The topological polar surface area (TPSA) is 86.0 Å². The first-order valence-electron chi connectivity index (χ1n) is 9.42. The van der Waals surface area contributed by atoms with Crippen molar-refractivity contribution in [2.45, 2.75) is 12.3 Å². The molecule has 152 valence electrons. The largest absolute Gasteiger partial charge is 0.502 e. The Bertz CT molecular complexity index is 1300. The van der Waals surface area contributed by atoms with Crippen LogP contribution in [-0.2, 0) is 9.53 Å². The van der Waals surface area contributed by atoms with Gasteiger partial charge in [-0.25, -0.2) is 0 Å². The molecule has 0 saturated carbocycles. The van der Waals surface area contributed by atoms with Gasteiger partial charge in [-0.2, -0.15) is 0 Å². The molecule has 0 saturated heterocycles. The van der Waals surface area contributed by atoms with Gasteiger partial charge in [0.05, 0.1) is 31.9 Å². The van der Waals surface area contributed by atoms with Crippen molar-refractivity contribution in [3.05, 3.63) is 82.2 Å². The van der Waals surface area contributed by atoms with Crippen LogP contribution < -0.4 is 10.2 Å². The van der Waals surface area contributed by atoms with Crippen molar-refractivity contribution in [1.29, 1.82) is 0 Å². The highest BCUT2D eigenvalue weighted by Gasteiger charge is 2.28. The summed E-state index contributed by atoms with van der Waals surface area (Å²) < 4.78 is 16.3. The summed E-state index contributed by atoms with van der Waals surface area (Å²) in [5.74, 6) is -1.03. The number of fused-ring (bicyclic) bond motifs is 2. The minimum Gasteiger partial charge on any atom is -0.502 e. The standard InChI is InChI=1S/C24H20O6/c1-28-19-12-11-15(14-7-3-4-8-16(14)19)18(13-21(25)29-2)24-23(27)22(26)17-9-5-6-10-20(17)30-24/h3-12,18,27H,13H2,1-2H3/t18-/m1/s1. The molecule has 1 aromatic heterocycles. The zero-order valence-electron chi connectivity index (χ0n) is 16.5. The van der Waals surface area contributed by atoms with Gasteiger partial charge >= 0.3 is 5.97 Å². The van der Waals surface area contributed by atoms with Crippen LogP contribution in [-0.4, -0.2) is 25.3 Å². The number of hydrogen-bond donors (Lipinski definition) is 1. The van der Waals surface area contributed by atoms with Crippen molar-refractivity contribution < 1.29 is 23.8 Å². The fourth-order valence-electron chi connectivity index (χ4n) is 3.76. The summed E-state index contributed by atoms with van der Waals surface area (Å²) in [5.41, 5.74) is 0.507. The minimum absolute atomic E-state index is 0.0272. The molecule has 1 N–H and O–H groups in total. The van der Waals surface area contributed by atoms with Gasteiger partial charge in [-0.05, 0) is 29.1 Å². The van der Waals surface area contributed by atoms with Gasteiger partial charge in [0.1, 0.15) is 11.3 Å². The molecule has 0 aliphatic heterocycles. The van der Waals surface area contributed by atoms with Crippen LogP contribution in [0.4, 0.5) is 0 Å². The van der Waals surface area contributed by atoms with Crippen LogP contribution in [0.15, 0.2) is 69.9 Å². The van der Waals surface area contributed by atoms with E-state index in [0.717, 1.165) is 10.8 Å². The van der Waals surface area contributed by atoms with Crippen LogP contribution in [0.1, 0.15) is 23.7 Å². The average Bonchev–Trinajstić information content (AvgIpc) is 2.79. The lowest BCUT2D eigenvalue weighted by Crippen LogP contribution is -2.14. The molecule has 0 unspecified atom stereocenters. The molecule has 0 bridgehead atoms. The Kier molecular flexibility index (Phi) is 5.14. The second kappa shape index (κ2) is 7.91. The van der Waals surface area contributed by atoms with E-state index in [1.807, 2.05) is 30.3 Å². The first-order valence-corrected chi connectivity index (χ1v) is 9.42. The zero-order chi connectivity index (χ0) is 21.3. The maximum absolute atomic E-state index is 12.8. The van der Waals surface area contributed by atoms with Crippen LogP contribution in [0.25, 0.3) is 21.7 Å². The molecular formula is C24H20O6. The van der Waals surface area contributed by atoms with E-state index >= 15 is 0 Å². The summed E-state index contributed by atoms with van der Waals surface area (Å²) >= 11 is 0. The molecule has 6 heteroatoms. The van der Waals surface area contributed by atoms with Gasteiger partial charge in [0.25, 0.3) is 0 Å². The summed E-state index contributed by atoms with van der Waals surface area (Å²) in [6.45, 7) is 0. The van der Waals surface area contributed by atoms with Gasteiger partial charge in [-0.1, -0.05) is 42.5 Å². The predicted octanol–water partition coefficient (Wildman–Crippen LogP) is 4.36. The van der Waals surface area contributed by atoms with E-state index in [9.17, 15) is 14.7 Å². The number of ether oxygens (including phenoxy) is 2. The van der Waals surface area contributed by atoms with E-state index < -0.39 is 23.1 Å². The number of aromatic hydroxyl groups is 1. The smallest absolute Gasteiger partial charge is 0.306 e. The lowest BCUT2D eigenvalue weighted by atomic mass is 9.88. The summed E-state index contributed by atoms with van der Waals surface area (Å²) in [5, 5.41) is 12.6. The molecular weight excluding hydrogens is 384 g/mol. The second-order valence-corrected chi connectivity index (χ2v) is 6.88. The number of methoxy groups -OCH3 is 2. The maximum Gasteiger partial charge on any atom is 0.306 e. The minimum atomic E-state index is -0.731. The van der Waals surface area contributed by atoms with Crippen molar-refractivity contribution in [2.24, 2.45) is 0 Å². The SMILES string of the molecule is COC(=O)C[C@@H](c1oc2ccccc2c(=O)c1O)c1ccc(OC)c2ccccc12. The second-order valence-electron chi connectivity index (χ2n) is 6.88. The Hall–Kier alpha value is -3.80. The summed E-state index contributed by atoms with van der Waals surface area (Å²) in [4.78, 5) is 25.0. The van der Waals surface area contributed by atoms with E-state index in [-0.39, 0.29) is 17.6 Å². The number of para-hydroxylation sites is 1. The summed E-state index contributed by atoms with van der Waals surface area (Å²) in [7, 11) is 2.88. The lowest BCUT2D eigenvalue weighted by Gasteiger charge is -2.20. The van der Waals surface area contributed by atoms with Crippen molar-refractivity contribution in [1.82, 2.24) is 0 Å². The molecule has 1 heterocycles. The van der Waals surface area contributed by atoms with E-state index in [1.165, 1.54) is 7.11 Å². The first-order chi connectivity index (χ1) is 14.5. The van der Waals surface area contributed by atoms with Crippen molar-refractivity contribution in [3.63, 3.8) is 0 Å². The molecule has 3 aromatic carbocycles. The summed E-state index contributed by atoms with van der Waals surface area (Å²) in [6, 6.07) is 17.8. The highest BCUT2D eigenvalue weighted by Crippen LogP contribution is 2.40. The Morgan fingerprint density at radius 2 is 1.63 bits per heavy atom. The number of benzene rings is 3. The number of hydrogen-bond acceptors (Lipinski definition) is 6. The van der Waals surface area contributed by atoms with Gasteiger partial charge in [0.15, 0.2) is 5.76 Å². The third kappa shape index (κ3) is 3.26. The van der Waals surface area contributed by atoms with Gasteiger partial charge in [-0.15, -0.1) is 0 Å². The highest BCUT2D eigenvalue weighted by molar-refractivity contribution is 5.92. The number of carbonyl (C=O) groups excluding carboxylic acids is 1. The Balaban J connectivity index is 2.01. The van der Waals surface area contributed by atoms with Crippen LogP contribution in [0.5, 0.6) is 11.5 Å². The predicted molar refractivity (Wildman–Crippen MR) is 113 cm³/mol. The van der Waals surface area contributed by atoms with Crippen LogP contribution in [0, 0.1) is 0 Å². The third-order valence-electron chi connectivity index (χ3n) is 5.23. The Morgan fingerprint density at radius 1 is 0.967 bits per heavy atom. The van der Waals surface area contributed by atoms with Crippen molar-refractivity contribution in [2.75, 3.05) is 14.2 Å². The maximum atomic E-state index is 12.8. The average molecular weight is 404 g/mol. The fourth-order valence-corrected chi connectivity index (χ4v) is 3.76. The zero-order valence-corrected chi connectivity index (χ0v) is 16.5. The molecule has 30 heavy (non-hydrogen) atoms. The monoisotopic (exact) mass is 404 g/mol. The molecule has 4 rings (SSSR count). The molecule has 0 aliphatic rings. The highest BCUT2D eigenvalue weighted by atomic mass is 16.5. The van der Waals surface area contributed by atoms with Crippen LogP contribution >= 0.6 is 0 Å².